The topological polar surface area (TPSA) is 33.5 Å². The molecule has 2 aromatic rings. The van der Waals surface area contributed by atoms with Crippen LogP contribution in [0.4, 0.5) is 4.39 Å². The zero-order chi connectivity index (χ0) is 16.7. The number of halogens is 1. The fourth-order valence-corrected chi connectivity index (χ4v) is 2.31. The van der Waals surface area contributed by atoms with Gasteiger partial charge in [0.25, 0.3) is 0 Å². The van der Waals surface area contributed by atoms with Crippen LogP contribution in [0.5, 0.6) is 0 Å². The summed E-state index contributed by atoms with van der Waals surface area (Å²) in [6.45, 7) is 0.792. The quantitative estimate of drug-likeness (QED) is 0.784. The third kappa shape index (κ3) is 5.68. The molecular weight excluding hydrogens is 291 g/mol. The second-order valence-corrected chi connectivity index (χ2v) is 5.77. The van der Waals surface area contributed by atoms with Crippen molar-refractivity contribution in [2.75, 3.05) is 20.6 Å². The molecule has 0 heterocycles. The van der Waals surface area contributed by atoms with Gasteiger partial charge in [0.05, 0.1) is 14.1 Å². The Morgan fingerprint density at radius 1 is 1.13 bits per heavy atom. The Kier molecular flexibility index (Phi) is 6.06. The lowest BCUT2D eigenvalue weighted by Crippen LogP contribution is -3.06. The van der Waals surface area contributed by atoms with Crippen LogP contribution in [-0.4, -0.2) is 26.5 Å². The smallest absolute Gasteiger partial charge is 0.244 e. The monoisotopic (exact) mass is 313 g/mol. The van der Waals surface area contributed by atoms with Crippen LogP contribution in [-0.2, 0) is 4.79 Å². The van der Waals surface area contributed by atoms with Crippen molar-refractivity contribution < 1.29 is 14.1 Å². The summed E-state index contributed by atoms with van der Waals surface area (Å²) < 4.78 is 12.9. The van der Waals surface area contributed by atoms with E-state index in [9.17, 15) is 9.18 Å². The van der Waals surface area contributed by atoms with E-state index in [1.54, 1.807) is 18.2 Å². The minimum Gasteiger partial charge on any atom is -0.340 e. The van der Waals surface area contributed by atoms with Gasteiger partial charge in [-0.1, -0.05) is 42.5 Å². The summed E-state index contributed by atoms with van der Waals surface area (Å²) in [5.41, 5.74) is 1.87. The van der Waals surface area contributed by atoms with Crippen LogP contribution in [0, 0.1) is 5.82 Å². The highest BCUT2D eigenvalue weighted by Gasteiger charge is 2.16. The van der Waals surface area contributed by atoms with E-state index in [2.05, 4.69) is 19.4 Å². The predicted octanol–water partition coefficient (Wildman–Crippen LogP) is 1.84. The number of carbonyl (C=O) groups is 1. The van der Waals surface area contributed by atoms with Crippen molar-refractivity contribution in [1.29, 1.82) is 0 Å². The third-order valence-corrected chi connectivity index (χ3v) is 3.43. The summed E-state index contributed by atoms with van der Waals surface area (Å²) in [5, 5.41) is 3.03. The van der Waals surface area contributed by atoms with E-state index < -0.39 is 0 Å². The Balaban J connectivity index is 2.04. The van der Waals surface area contributed by atoms with E-state index in [4.69, 9.17) is 0 Å². The molecule has 0 saturated heterocycles. The van der Waals surface area contributed by atoms with Crippen molar-refractivity contribution in [3.8, 4) is 0 Å². The van der Waals surface area contributed by atoms with E-state index in [0.717, 1.165) is 17.7 Å². The highest BCUT2D eigenvalue weighted by Crippen LogP contribution is 2.11. The van der Waals surface area contributed by atoms with Crippen molar-refractivity contribution in [1.82, 2.24) is 5.32 Å². The summed E-state index contributed by atoms with van der Waals surface area (Å²) in [6, 6.07) is 15.9. The average Bonchev–Trinajstić information content (AvgIpc) is 2.54. The highest BCUT2D eigenvalue weighted by atomic mass is 19.1. The average molecular weight is 313 g/mol. The van der Waals surface area contributed by atoms with Crippen molar-refractivity contribution in [2.45, 2.75) is 6.04 Å². The Morgan fingerprint density at radius 2 is 1.78 bits per heavy atom. The molecule has 0 bridgehead atoms. The number of hydrogen-bond acceptors (Lipinski definition) is 1. The van der Waals surface area contributed by atoms with Gasteiger partial charge in [-0.15, -0.1) is 0 Å². The van der Waals surface area contributed by atoms with E-state index in [1.165, 1.54) is 23.1 Å². The number of likely N-dealkylation sites (N-methyl/N-ethyl adjacent to an activating group) is 1. The maximum absolute atomic E-state index is 12.9. The lowest BCUT2D eigenvalue weighted by atomic mass is 10.1. The van der Waals surface area contributed by atoms with Gasteiger partial charge in [-0.2, -0.15) is 0 Å². The van der Waals surface area contributed by atoms with Gasteiger partial charge >= 0.3 is 0 Å². The Labute approximate surface area is 136 Å². The number of hydrogen-bond donors (Lipinski definition) is 2. The van der Waals surface area contributed by atoms with Gasteiger partial charge in [0.1, 0.15) is 18.4 Å². The molecule has 0 aliphatic heterocycles. The van der Waals surface area contributed by atoms with Crippen molar-refractivity contribution in [2.24, 2.45) is 0 Å². The number of quaternary nitrogens is 1. The fraction of sp³-hybridized carbons (Fsp3) is 0.211. The van der Waals surface area contributed by atoms with Crippen molar-refractivity contribution in [3.05, 3.63) is 77.6 Å². The second kappa shape index (κ2) is 8.25. The summed E-state index contributed by atoms with van der Waals surface area (Å²) >= 11 is 0. The SMILES string of the molecule is C[NH+](C)C[C@H](NC(=O)/C=C/c1ccc(F)cc1)c1ccccc1. The predicted molar refractivity (Wildman–Crippen MR) is 90.4 cm³/mol. The molecular formula is C19H22FN2O+. The molecule has 0 aliphatic rings. The molecule has 120 valence electrons. The molecule has 1 atom stereocenters. The molecule has 3 nitrogen and oxygen atoms in total. The van der Waals surface area contributed by atoms with Crippen LogP contribution in [0.15, 0.2) is 60.7 Å². The van der Waals surface area contributed by atoms with E-state index in [-0.39, 0.29) is 17.8 Å². The summed E-state index contributed by atoms with van der Waals surface area (Å²) in [6.07, 6.45) is 3.16. The maximum atomic E-state index is 12.9. The molecule has 2 aromatic carbocycles. The minimum absolute atomic E-state index is 0.0495. The first-order chi connectivity index (χ1) is 11.0. The van der Waals surface area contributed by atoms with Gasteiger partial charge in [0, 0.05) is 6.08 Å². The number of benzene rings is 2. The molecule has 23 heavy (non-hydrogen) atoms. The number of rotatable bonds is 6. The summed E-state index contributed by atoms with van der Waals surface area (Å²) in [5.74, 6) is -0.450. The second-order valence-electron chi connectivity index (χ2n) is 5.77. The lowest BCUT2D eigenvalue weighted by molar-refractivity contribution is -0.860. The zero-order valence-corrected chi connectivity index (χ0v) is 13.4. The standard InChI is InChI=1S/C19H21FN2O/c1-22(2)14-18(16-6-4-3-5-7-16)21-19(23)13-10-15-8-11-17(20)12-9-15/h3-13,18H,14H2,1-2H3,(H,21,23)/p+1/b13-10+/t18-/m0/s1. The van der Waals surface area contributed by atoms with Crippen molar-refractivity contribution >= 4 is 12.0 Å². The first-order valence-corrected chi connectivity index (χ1v) is 7.62. The Bertz CT molecular complexity index is 651. The maximum Gasteiger partial charge on any atom is 0.244 e. The number of amides is 1. The van der Waals surface area contributed by atoms with Gasteiger partial charge < -0.3 is 10.2 Å². The molecule has 0 saturated carbocycles. The van der Waals surface area contributed by atoms with Crippen LogP contribution in [0.2, 0.25) is 0 Å². The first-order valence-electron chi connectivity index (χ1n) is 7.62. The van der Waals surface area contributed by atoms with Gasteiger partial charge in [-0.3, -0.25) is 4.79 Å². The van der Waals surface area contributed by atoms with Crippen LogP contribution in [0.1, 0.15) is 17.2 Å². The number of nitrogens with one attached hydrogen (secondary N) is 2. The van der Waals surface area contributed by atoms with Gasteiger partial charge in [0.2, 0.25) is 5.91 Å². The minimum atomic E-state index is -0.287. The van der Waals surface area contributed by atoms with Crippen molar-refractivity contribution in [3.63, 3.8) is 0 Å². The van der Waals surface area contributed by atoms with E-state index in [1.807, 2.05) is 30.3 Å². The summed E-state index contributed by atoms with van der Waals surface area (Å²) in [7, 11) is 4.10. The van der Waals surface area contributed by atoms with Gasteiger partial charge in [-0.05, 0) is 29.3 Å². The molecule has 0 spiro atoms. The normalized spacial score (nSPS) is 12.5. The molecule has 1 amide bonds. The Hall–Kier alpha value is -2.46. The van der Waals surface area contributed by atoms with Gasteiger partial charge in [-0.25, -0.2) is 4.39 Å². The van der Waals surface area contributed by atoms with Crippen LogP contribution >= 0.6 is 0 Å². The lowest BCUT2D eigenvalue weighted by Gasteiger charge is -2.20. The molecule has 0 fully saturated rings. The van der Waals surface area contributed by atoms with Crippen LogP contribution < -0.4 is 10.2 Å². The largest absolute Gasteiger partial charge is 0.340 e. The van der Waals surface area contributed by atoms with E-state index >= 15 is 0 Å². The third-order valence-electron chi connectivity index (χ3n) is 3.43. The molecule has 0 aromatic heterocycles. The van der Waals surface area contributed by atoms with Crippen LogP contribution in [0.25, 0.3) is 6.08 Å². The molecule has 0 unspecified atom stereocenters. The summed E-state index contributed by atoms with van der Waals surface area (Å²) in [4.78, 5) is 13.4. The number of carbonyl (C=O) groups excluding carboxylic acids is 1. The molecule has 4 heteroatoms. The molecule has 2 rings (SSSR count). The first kappa shape index (κ1) is 16.9. The fourth-order valence-electron chi connectivity index (χ4n) is 2.31. The molecule has 2 N–H and O–H groups in total. The van der Waals surface area contributed by atoms with E-state index in [0.29, 0.717) is 0 Å². The molecule has 0 radical (unpaired) electrons. The zero-order valence-electron chi connectivity index (χ0n) is 13.4. The Morgan fingerprint density at radius 3 is 2.39 bits per heavy atom. The molecule has 0 aliphatic carbocycles. The van der Waals surface area contributed by atoms with Gasteiger partial charge in [0.15, 0.2) is 0 Å². The highest BCUT2D eigenvalue weighted by molar-refractivity contribution is 5.92. The van der Waals surface area contributed by atoms with Crippen LogP contribution in [0.3, 0.4) is 0 Å².